The Hall–Kier alpha value is -3.10. The van der Waals surface area contributed by atoms with Gasteiger partial charge in [-0.15, -0.1) is 0 Å². The molecule has 0 bridgehead atoms. The van der Waals surface area contributed by atoms with Gasteiger partial charge in [0.2, 0.25) is 0 Å². The predicted molar refractivity (Wildman–Crippen MR) is 97.8 cm³/mol. The summed E-state index contributed by atoms with van der Waals surface area (Å²) in [6.07, 6.45) is -4.73. The van der Waals surface area contributed by atoms with Crippen molar-refractivity contribution >= 4 is 6.29 Å². The zero-order valence-corrected chi connectivity index (χ0v) is 15.5. The lowest BCUT2D eigenvalue weighted by molar-refractivity contribution is -0.137. The lowest BCUT2D eigenvalue weighted by Gasteiger charge is -2.19. The van der Waals surface area contributed by atoms with E-state index < -0.39 is 18.0 Å². The molecule has 0 radical (unpaired) electrons. The Morgan fingerprint density at radius 2 is 1.76 bits per heavy atom. The van der Waals surface area contributed by atoms with Crippen LogP contribution in [-0.4, -0.2) is 20.5 Å². The molecule has 3 aromatic rings. The van der Waals surface area contributed by atoms with Crippen LogP contribution in [0.5, 0.6) is 11.5 Å². The predicted octanol–water partition coefficient (Wildman–Crippen LogP) is 5.86. The number of alkyl halides is 3. The molecule has 2 aromatic carbocycles. The first-order valence-corrected chi connectivity index (χ1v) is 8.45. The van der Waals surface area contributed by atoms with E-state index in [1.165, 1.54) is 32.4 Å². The first-order chi connectivity index (χ1) is 13.9. The van der Waals surface area contributed by atoms with Gasteiger partial charge in [-0.1, -0.05) is 6.07 Å². The summed E-state index contributed by atoms with van der Waals surface area (Å²) in [5.74, 6) is 0.871. The Balaban J connectivity index is 2.00. The topological polar surface area (TPSA) is 57.9 Å². The zero-order valence-electron chi connectivity index (χ0n) is 15.5. The maximum absolute atomic E-state index is 13.0. The Morgan fingerprint density at radius 1 is 1.00 bits per heavy atom. The molecule has 0 unspecified atom stereocenters. The highest BCUT2D eigenvalue weighted by Crippen LogP contribution is 2.37. The molecule has 29 heavy (non-hydrogen) atoms. The van der Waals surface area contributed by atoms with Crippen molar-refractivity contribution < 1.29 is 36.6 Å². The van der Waals surface area contributed by atoms with Crippen molar-refractivity contribution in [3.05, 3.63) is 71.5 Å². The highest BCUT2D eigenvalue weighted by Gasteiger charge is 2.30. The molecule has 0 fully saturated rings. The number of benzene rings is 2. The third-order valence-corrected chi connectivity index (χ3v) is 4.11. The normalized spacial score (nSPS) is 11.7. The van der Waals surface area contributed by atoms with E-state index in [0.29, 0.717) is 23.2 Å². The highest BCUT2D eigenvalue weighted by molar-refractivity contribution is 5.73. The molecule has 0 aliphatic rings. The second kappa shape index (κ2) is 8.50. The monoisotopic (exact) mass is 406 g/mol. The number of carbonyl (C=O) groups excluding carboxylic acids is 1. The van der Waals surface area contributed by atoms with Crippen molar-refractivity contribution in [1.29, 1.82) is 0 Å². The molecule has 0 aliphatic carbocycles. The number of carbonyl (C=O) groups is 1. The van der Waals surface area contributed by atoms with Crippen LogP contribution in [-0.2, 0) is 15.7 Å². The van der Waals surface area contributed by atoms with Gasteiger partial charge >= 0.3 is 6.18 Å². The summed E-state index contributed by atoms with van der Waals surface area (Å²) in [7, 11) is 2.85. The Bertz CT molecular complexity index is 990. The van der Waals surface area contributed by atoms with E-state index in [0.717, 1.165) is 12.1 Å². The second-order valence-electron chi connectivity index (χ2n) is 6.00. The third kappa shape index (κ3) is 4.67. The van der Waals surface area contributed by atoms with E-state index in [9.17, 15) is 18.0 Å². The molecule has 0 aliphatic heterocycles. The van der Waals surface area contributed by atoms with Crippen LogP contribution < -0.4 is 4.74 Å². The molecule has 0 N–H and O–H groups in total. The summed E-state index contributed by atoms with van der Waals surface area (Å²) in [4.78, 5) is 10.8. The van der Waals surface area contributed by atoms with Crippen LogP contribution in [0.15, 0.2) is 59.0 Å². The molecular formula is C21H17F3O5. The number of hydrogen-bond acceptors (Lipinski definition) is 5. The third-order valence-electron chi connectivity index (χ3n) is 4.11. The van der Waals surface area contributed by atoms with Crippen LogP contribution in [0, 0.1) is 0 Å². The molecule has 0 saturated heterocycles. The Kier molecular flexibility index (Phi) is 6.05. The summed E-state index contributed by atoms with van der Waals surface area (Å²) < 4.78 is 60.6. The van der Waals surface area contributed by atoms with Gasteiger partial charge in [-0.3, -0.25) is 4.79 Å². The van der Waals surface area contributed by atoms with Gasteiger partial charge in [0, 0.05) is 19.8 Å². The minimum atomic E-state index is -4.48. The number of halogens is 3. The first-order valence-electron chi connectivity index (χ1n) is 8.45. The van der Waals surface area contributed by atoms with Crippen molar-refractivity contribution in [2.45, 2.75) is 12.5 Å². The Morgan fingerprint density at radius 3 is 2.38 bits per heavy atom. The van der Waals surface area contributed by atoms with Gasteiger partial charge in [-0.05, 0) is 48.5 Å². The number of methoxy groups -OCH3 is 2. The van der Waals surface area contributed by atoms with E-state index in [4.69, 9.17) is 18.6 Å². The summed E-state index contributed by atoms with van der Waals surface area (Å²) in [6, 6.07) is 12.6. The van der Waals surface area contributed by atoms with E-state index in [2.05, 4.69) is 0 Å². The molecule has 3 rings (SSSR count). The van der Waals surface area contributed by atoms with Crippen LogP contribution in [0.2, 0.25) is 0 Å². The van der Waals surface area contributed by atoms with Crippen molar-refractivity contribution in [3.8, 4) is 22.8 Å². The van der Waals surface area contributed by atoms with E-state index in [-0.39, 0.29) is 17.3 Å². The van der Waals surface area contributed by atoms with Gasteiger partial charge in [0.05, 0.1) is 11.1 Å². The van der Waals surface area contributed by atoms with Crippen molar-refractivity contribution in [2.75, 3.05) is 14.2 Å². The lowest BCUT2D eigenvalue weighted by Crippen LogP contribution is -2.07. The molecule has 0 atom stereocenters. The molecule has 0 saturated carbocycles. The number of aldehydes is 1. The summed E-state index contributed by atoms with van der Waals surface area (Å²) >= 11 is 0. The summed E-state index contributed by atoms with van der Waals surface area (Å²) in [5.41, 5.74) is 0.234. The fourth-order valence-corrected chi connectivity index (χ4v) is 2.76. The zero-order chi connectivity index (χ0) is 21.0. The standard InChI is InChI=1S/C21H17F3O5/c1-26-20(27-2)17-10-13(18-9-7-16(12-25)29-18)6-8-19(17)28-15-5-3-4-14(11-15)21(22,23)24/h3-12,20H,1-2H3. The molecule has 8 heteroatoms. The lowest BCUT2D eigenvalue weighted by atomic mass is 10.1. The van der Waals surface area contributed by atoms with Crippen LogP contribution in [0.3, 0.4) is 0 Å². The fourth-order valence-electron chi connectivity index (χ4n) is 2.76. The number of ether oxygens (including phenoxy) is 3. The average Bonchev–Trinajstić information content (AvgIpc) is 3.19. The quantitative estimate of drug-likeness (QED) is 0.363. The minimum Gasteiger partial charge on any atom is -0.457 e. The molecule has 1 aromatic heterocycles. The van der Waals surface area contributed by atoms with Crippen LogP contribution >= 0.6 is 0 Å². The smallest absolute Gasteiger partial charge is 0.416 e. The van der Waals surface area contributed by atoms with E-state index in [1.54, 1.807) is 24.3 Å². The van der Waals surface area contributed by atoms with Crippen molar-refractivity contribution in [3.63, 3.8) is 0 Å². The number of rotatable bonds is 7. The maximum Gasteiger partial charge on any atom is 0.416 e. The molecule has 1 heterocycles. The van der Waals surface area contributed by atoms with Gasteiger partial charge in [0.1, 0.15) is 17.3 Å². The van der Waals surface area contributed by atoms with Crippen molar-refractivity contribution in [1.82, 2.24) is 0 Å². The maximum atomic E-state index is 13.0. The van der Waals surface area contributed by atoms with Gasteiger partial charge in [-0.25, -0.2) is 0 Å². The fraction of sp³-hybridized carbons (Fsp3) is 0.190. The molecule has 5 nitrogen and oxygen atoms in total. The SMILES string of the molecule is COC(OC)c1cc(-c2ccc(C=O)o2)ccc1Oc1cccc(C(F)(F)F)c1. The average molecular weight is 406 g/mol. The number of furan rings is 1. The van der Waals surface area contributed by atoms with E-state index >= 15 is 0 Å². The summed E-state index contributed by atoms with van der Waals surface area (Å²) in [5, 5.41) is 0. The minimum absolute atomic E-state index is 0.0148. The molecule has 152 valence electrons. The number of hydrogen-bond donors (Lipinski definition) is 0. The van der Waals surface area contributed by atoms with Crippen LogP contribution in [0.1, 0.15) is 28.0 Å². The van der Waals surface area contributed by atoms with E-state index in [1.807, 2.05) is 0 Å². The van der Waals surface area contributed by atoms with Gasteiger partial charge in [0.15, 0.2) is 18.3 Å². The van der Waals surface area contributed by atoms with Gasteiger partial charge < -0.3 is 18.6 Å². The first kappa shape index (κ1) is 20.6. The van der Waals surface area contributed by atoms with Crippen LogP contribution in [0.4, 0.5) is 13.2 Å². The highest BCUT2D eigenvalue weighted by atomic mass is 19.4. The molecule has 0 amide bonds. The molecular weight excluding hydrogens is 389 g/mol. The van der Waals surface area contributed by atoms with Gasteiger partial charge in [-0.2, -0.15) is 13.2 Å². The van der Waals surface area contributed by atoms with Gasteiger partial charge in [0.25, 0.3) is 0 Å². The Labute approximate surface area is 164 Å². The molecule has 0 spiro atoms. The second-order valence-corrected chi connectivity index (χ2v) is 6.00. The summed E-state index contributed by atoms with van der Waals surface area (Å²) in [6.45, 7) is 0. The van der Waals surface area contributed by atoms with Crippen LogP contribution in [0.25, 0.3) is 11.3 Å². The largest absolute Gasteiger partial charge is 0.457 e. The van der Waals surface area contributed by atoms with Crippen molar-refractivity contribution in [2.24, 2.45) is 0 Å².